The number of carbonyl (C=O) groups excluding carboxylic acids is 1. The lowest BCUT2D eigenvalue weighted by Crippen LogP contribution is -1.97. The van der Waals surface area contributed by atoms with Gasteiger partial charge in [0, 0.05) is 0 Å². The Morgan fingerprint density at radius 3 is 2.57 bits per heavy atom. The Hall–Kier alpha value is -1.84. The summed E-state index contributed by atoms with van der Waals surface area (Å²) in [4.78, 5) is 10.2. The van der Waals surface area contributed by atoms with E-state index in [4.69, 9.17) is 4.74 Å². The van der Waals surface area contributed by atoms with Crippen molar-refractivity contribution < 1.29 is 9.53 Å². The summed E-state index contributed by atoms with van der Waals surface area (Å²) in [6.45, 7) is 1.63. The molecule has 0 heterocycles. The minimum atomic E-state index is 0.404. The maximum Gasteiger partial charge on any atom is 0.165 e. The highest BCUT2D eigenvalue weighted by Gasteiger charge is 1.92. The predicted molar refractivity (Wildman–Crippen MR) is 55.8 cm³/mol. The lowest BCUT2D eigenvalue weighted by Gasteiger charge is -2.02. The van der Waals surface area contributed by atoms with E-state index >= 15 is 0 Å². The maximum atomic E-state index is 10.2. The molecule has 0 bridgehead atoms. The highest BCUT2D eigenvalue weighted by Crippen LogP contribution is 2.14. The van der Waals surface area contributed by atoms with Gasteiger partial charge in [0.05, 0.1) is 18.5 Å². The Kier molecular flexibility index (Phi) is 3.67. The second-order valence-corrected chi connectivity index (χ2v) is 2.71. The lowest BCUT2D eigenvalue weighted by atomic mass is 10.3. The number of rotatable bonds is 4. The Balaban J connectivity index is 2.64. The quantitative estimate of drug-likeness (QED) is 0.448. The first-order valence-corrected chi connectivity index (χ1v) is 4.16. The van der Waals surface area contributed by atoms with Gasteiger partial charge in [-0.15, -0.1) is 0 Å². The van der Waals surface area contributed by atoms with Gasteiger partial charge in [0.2, 0.25) is 0 Å². The van der Waals surface area contributed by atoms with E-state index in [1.54, 1.807) is 14.0 Å². The van der Waals surface area contributed by atoms with Crippen molar-refractivity contribution in [3.8, 4) is 5.75 Å². The molecule has 14 heavy (non-hydrogen) atoms. The second-order valence-electron chi connectivity index (χ2n) is 2.71. The third-order valence-electron chi connectivity index (χ3n) is 1.62. The fourth-order valence-electron chi connectivity index (χ4n) is 0.845. The summed E-state index contributed by atoms with van der Waals surface area (Å²) in [5, 5.41) is 3.83. The number of benzene rings is 1. The summed E-state index contributed by atoms with van der Waals surface area (Å²) < 4.78 is 5.00. The van der Waals surface area contributed by atoms with Crippen molar-refractivity contribution >= 4 is 17.7 Å². The van der Waals surface area contributed by atoms with Crippen molar-refractivity contribution in [1.82, 2.24) is 0 Å². The fraction of sp³-hybridized carbons (Fsp3) is 0.200. The molecule has 0 spiro atoms. The second kappa shape index (κ2) is 5.01. The Morgan fingerprint density at radius 1 is 1.43 bits per heavy atom. The summed E-state index contributed by atoms with van der Waals surface area (Å²) in [5.41, 5.74) is 3.96. The molecule has 0 fully saturated rings. The molecule has 0 radical (unpaired) electrons. The molecule has 0 amide bonds. The predicted octanol–water partition coefficient (Wildman–Crippen LogP) is 1.68. The molecule has 74 valence electrons. The van der Waals surface area contributed by atoms with Crippen molar-refractivity contribution in [3.05, 3.63) is 24.3 Å². The molecule has 1 rings (SSSR count). The van der Waals surface area contributed by atoms with E-state index in [-0.39, 0.29) is 0 Å². The Labute approximate surface area is 82.6 Å². The molecule has 1 aromatic carbocycles. The summed E-state index contributed by atoms with van der Waals surface area (Å²) in [5.74, 6) is 0.784. The zero-order chi connectivity index (χ0) is 10.4. The van der Waals surface area contributed by atoms with Gasteiger partial charge < -0.3 is 4.74 Å². The molecule has 1 aromatic rings. The number of nitrogens with zero attached hydrogens (tertiary/aromatic N) is 1. The number of aldehydes is 1. The molecule has 4 nitrogen and oxygen atoms in total. The van der Waals surface area contributed by atoms with Gasteiger partial charge >= 0.3 is 0 Å². The van der Waals surface area contributed by atoms with Crippen LogP contribution in [0.3, 0.4) is 0 Å². The van der Waals surface area contributed by atoms with Crippen LogP contribution in [0.25, 0.3) is 0 Å². The van der Waals surface area contributed by atoms with Crippen molar-refractivity contribution in [2.24, 2.45) is 5.10 Å². The van der Waals surface area contributed by atoms with Gasteiger partial charge in [0.25, 0.3) is 0 Å². The molecular formula is C10H12N2O2. The largest absolute Gasteiger partial charge is 0.497 e. The molecular weight excluding hydrogens is 180 g/mol. The number of hydrogen-bond donors (Lipinski definition) is 1. The van der Waals surface area contributed by atoms with Crippen molar-refractivity contribution in [3.63, 3.8) is 0 Å². The molecule has 0 saturated carbocycles. The smallest absolute Gasteiger partial charge is 0.165 e. The number of anilines is 1. The number of hydrazone groups is 1. The number of hydrogen-bond acceptors (Lipinski definition) is 4. The minimum absolute atomic E-state index is 0.404. The molecule has 0 aliphatic carbocycles. The fourth-order valence-corrected chi connectivity index (χ4v) is 0.845. The van der Waals surface area contributed by atoms with Gasteiger partial charge in [-0.25, -0.2) is 0 Å². The maximum absolute atomic E-state index is 10.2. The van der Waals surface area contributed by atoms with E-state index in [0.29, 0.717) is 12.0 Å². The zero-order valence-electron chi connectivity index (χ0n) is 8.15. The first kappa shape index (κ1) is 10.2. The zero-order valence-corrected chi connectivity index (χ0v) is 8.15. The van der Waals surface area contributed by atoms with Crippen LogP contribution in [0.2, 0.25) is 0 Å². The van der Waals surface area contributed by atoms with Crippen molar-refractivity contribution in [1.29, 1.82) is 0 Å². The van der Waals surface area contributed by atoms with Crippen molar-refractivity contribution in [2.45, 2.75) is 6.92 Å². The van der Waals surface area contributed by atoms with Gasteiger partial charge in [-0.05, 0) is 31.2 Å². The van der Waals surface area contributed by atoms with E-state index in [2.05, 4.69) is 10.5 Å². The van der Waals surface area contributed by atoms with Gasteiger partial charge in [0.15, 0.2) is 6.29 Å². The number of methoxy groups -OCH3 is 1. The van der Waals surface area contributed by atoms with E-state index in [0.717, 1.165) is 11.4 Å². The standard InChI is InChI=1S/C10H12N2O2/c1-8(7-13)11-12-9-3-5-10(14-2)6-4-9/h3-7,12H,1-2H3/b11-8-. The van der Waals surface area contributed by atoms with Crippen LogP contribution >= 0.6 is 0 Å². The van der Waals surface area contributed by atoms with Crippen molar-refractivity contribution in [2.75, 3.05) is 12.5 Å². The highest BCUT2D eigenvalue weighted by atomic mass is 16.5. The van der Waals surface area contributed by atoms with Crippen LogP contribution in [-0.2, 0) is 4.79 Å². The van der Waals surface area contributed by atoms with Gasteiger partial charge in [0.1, 0.15) is 5.75 Å². The SMILES string of the molecule is COc1ccc(N/N=C(/C)C=O)cc1. The number of nitrogens with one attached hydrogen (secondary N) is 1. The first-order valence-electron chi connectivity index (χ1n) is 4.16. The van der Waals surface area contributed by atoms with E-state index in [1.807, 2.05) is 24.3 Å². The summed E-state index contributed by atoms with van der Waals surface area (Å²) in [6, 6.07) is 7.27. The monoisotopic (exact) mass is 192 g/mol. The topological polar surface area (TPSA) is 50.7 Å². The third-order valence-corrected chi connectivity index (χ3v) is 1.62. The number of carbonyl (C=O) groups is 1. The van der Waals surface area contributed by atoms with Crippen LogP contribution in [0.15, 0.2) is 29.4 Å². The average molecular weight is 192 g/mol. The van der Waals surface area contributed by atoms with E-state index in [9.17, 15) is 4.79 Å². The number of ether oxygens (including phenoxy) is 1. The highest BCUT2D eigenvalue weighted by molar-refractivity contribution is 6.27. The van der Waals surface area contributed by atoms with Gasteiger partial charge in [-0.3, -0.25) is 10.2 Å². The average Bonchev–Trinajstić information content (AvgIpc) is 2.26. The van der Waals surface area contributed by atoms with Gasteiger partial charge in [-0.2, -0.15) is 5.10 Å². The Morgan fingerprint density at radius 2 is 2.07 bits per heavy atom. The molecule has 4 heteroatoms. The summed E-state index contributed by atoms with van der Waals surface area (Å²) in [7, 11) is 1.61. The molecule has 0 unspecified atom stereocenters. The van der Waals surface area contributed by atoms with Crippen LogP contribution in [0.4, 0.5) is 5.69 Å². The van der Waals surface area contributed by atoms with Crippen LogP contribution in [0.5, 0.6) is 5.75 Å². The minimum Gasteiger partial charge on any atom is -0.497 e. The summed E-state index contributed by atoms with van der Waals surface area (Å²) >= 11 is 0. The molecule has 0 atom stereocenters. The molecule has 0 saturated heterocycles. The van der Waals surface area contributed by atoms with Crippen LogP contribution in [0.1, 0.15) is 6.92 Å². The van der Waals surface area contributed by atoms with Crippen LogP contribution < -0.4 is 10.2 Å². The normalized spacial score (nSPS) is 10.9. The first-order chi connectivity index (χ1) is 6.76. The molecule has 1 N–H and O–H groups in total. The lowest BCUT2D eigenvalue weighted by molar-refractivity contribution is -0.102. The molecule has 0 aromatic heterocycles. The van der Waals surface area contributed by atoms with Crippen LogP contribution in [0, 0.1) is 0 Å². The van der Waals surface area contributed by atoms with E-state index < -0.39 is 0 Å². The third kappa shape index (κ3) is 2.90. The van der Waals surface area contributed by atoms with Gasteiger partial charge in [-0.1, -0.05) is 0 Å². The van der Waals surface area contributed by atoms with Crippen LogP contribution in [-0.4, -0.2) is 19.1 Å². The summed E-state index contributed by atoms with van der Waals surface area (Å²) in [6.07, 6.45) is 0.691. The Bertz CT molecular complexity index is 330. The molecule has 0 aliphatic rings. The van der Waals surface area contributed by atoms with E-state index in [1.165, 1.54) is 0 Å². The molecule has 0 aliphatic heterocycles.